The Labute approximate surface area is 148 Å². The molecule has 0 aliphatic rings. The highest BCUT2D eigenvalue weighted by Gasteiger charge is 2.10. The summed E-state index contributed by atoms with van der Waals surface area (Å²) in [4.78, 5) is 4.82. The van der Waals surface area contributed by atoms with Crippen LogP contribution < -0.4 is 0 Å². The molecule has 120 valence electrons. The monoisotopic (exact) mass is 363 g/mol. The van der Waals surface area contributed by atoms with Crippen LogP contribution in [0.2, 0.25) is 0 Å². The maximum atomic E-state index is 5.59. The van der Waals surface area contributed by atoms with Crippen molar-refractivity contribution in [2.75, 3.05) is 13.3 Å². The lowest BCUT2D eigenvalue weighted by Crippen LogP contribution is -2.22. The van der Waals surface area contributed by atoms with Gasteiger partial charge in [-0.3, -0.25) is 4.90 Å². The van der Waals surface area contributed by atoms with Crippen LogP contribution in [0.4, 0.5) is 0 Å². The van der Waals surface area contributed by atoms with Gasteiger partial charge in [-0.25, -0.2) is 4.68 Å². The first-order chi connectivity index (χ1) is 11.2. The lowest BCUT2D eigenvalue weighted by atomic mass is 10.2. The maximum Gasteiger partial charge on any atom is 0.288 e. The molecule has 0 N–H and O–H groups in total. The molecule has 0 unspecified atom stereocenters. The van der Waals surface area contributed by atoms with Gasteiger partial charge in [-0.2, -0.15) is 0 Å². The summed E-state index contributed by atoms with van der Waals surface area (Å²) in [6.45, 7) is 1.43. The van der Waals surface area contributed by atoms with Crippen LogP contribution in [0.15, 0.2) is 51.1 Å². The summed E-state index contributed by atoms with van der Waals surface area (Å²) in [5.41, 5.74) is 1.26. The van der Waals surface area contributed by atoms with E-state index in [0.717, 1.165) is 11.4 Å². The fourth-order valence-electron chi connectivity index (χ4n) is 2.22. The average molecular weight is 364 g/mol. The highest BCUT2D eigenvalue weighted by Crippen LogP contribution is 2.23. The predicted octanol–water partition coefficient (Wildman–Crippen LogP) is 4.75. The third-order valence-corrected chi connectivity index (χ3v) is 5.22. The molecule has 3 rings (SSSR count). The Kier molecular flexibility index (Phi) is 5.32. The van der Waals surface area contributed by atoms with Gasteiger partial charge in [-0.1, -0.05) is 18.2 Å². The predicted molar refractivity (Wildman–Crippen MR) is 98.3 cm³/mol. The Balaban J connectivity index is 1.67. The number of rotatable bonds is 6. The van der Waals surface area contributed by atoms with Crippen molar-refractivity contribution in [2.45, 2.75) is 18.1 Å². The van der Waals surface area contributed by atoms with E-state index >= 15 is 0 Å². The number of aromatic nitrogens is 2. The smallest absolute Gasteiger partial charge is 0.288 e. The van der Waals surface area contributed by atoms with E-state index in [1.54, 1.807) is 27.8 Å². The van der Waals surface area contributed by atoms with E-state index in [-0.39, 0.29) is 0 Å². The molecule has 0 amide bonds. The van der Waals surface area contributed by atoms with E-state index in [9.17, 15) is 0 Å². The van der Waals surface area contributed by atoms with Crippen molar-refractivity contribution in [3.05, 3.63) is 52.2 Å². The normalized spacial score (nSPS) is 11.3. The van der Waals surface area contributed by atoms with Crippen molar-refractivity contribution in [3.63, 3.8) is 0 Å². The SMILES string of the molecule is CSc1ccc(CN(C)Cn2nc(-c3cccs3)oc2=S)cc1. The van der Waals surface area contributed by atoms with Gasteiger partial charge in [0.25, 0.3) is 10.7 Å². The fraction of sp³-hybridized carbons (Fsp3) is 0.250. The standard InChI is InChI=1S/C16H17N3OS3/c1-18(10-12-5-7-13(22-2)8-6-12)11-19-16(21)20-15(17-19)14-4-3-9-23-14/h3-9H,10-11H2,1-2H3. The summed E-state index contributed by atoms with van der Waals surface area (Å²) in [5, 5.41) is 6.47. The largest absolute Gasteiger partial charge is 0.408 e. The van der Waals surface area contributed by atoms with Gasteiger partial charge >= 0.3 is 0 Å². The molecule has 0 spiro atoms. The zero-order chi connectivity index (χ0) is 16.2. The molecular weight excluding hydrogens is 346 g/mol. The van der Waals surface area contributed by atoms with Crippen LogP contribution in [-0.2, 0) is 13.2 Å². The molecule has 0 aliphatic heterocycles. The molecule has 0 aliphatic carbocycles. The van der Waals surface area contributed by atoms with Gasteiger partial charge in [0.2, 0.25) is 0 Å². The zero-order valence-electron chi connectivity index (χ0n) is 12.9. The third-order valence-electron chi connectivity index (χ3n) is 3.33. The van der Waals surface area contributed by atoms with Gasteiger partial charge in [0, 0.05) is 11.4 Å². The number of thioether (sulfide) groups is 1. The van der Waals surface area contributed by atoms with Gasteiger partial charge in [0.15, 0.2) is 0 Å². The minimum absolute atomic E-state index is 0.401. The Hall–Kier alpha value is -1.41. The molecule has 23 heavy (non-hydrogen) atoms. The average Bonchev–Trinajstić information content (AvgIpc) is 3.18. The minimum atomic E-state index is 0.401. The van der Waals surface area contributed by atoms with Gasteiger partial charge in [0.1, 0.15) is 0 Å². The summed E-state index contributed by atoms with van der Waals surface area (Å²) in [7, 11) is 2.05. The van der Waals surface area contributed by atoms with Crippen LogP contribution in [0.3, 0.4) is 0 Å². The van der Waals surface area contributed by atoms with Crippen LogP contribution in [0.1, 0.15) is 5.56 Å². The summed E-state index contributed by atoms with van der Waals surface area (Å²) in [5.74, 6) is 0.586. The van der Waals surface area contributed by atoms with Crippen molar-refractivity contribution in [1.82, 2.24) is 14.7 Å². The number of hydrogen-bond donors (Lipinski definition) is 0. The summed E-state index contributed by atoms with van der Waals surface area (Å²) in [6, 6.07) is 12.5. The molecule has 0 atom stereocenters. The lowest BCUT2D eigenvalue weighted by molar-refractivity contribution is 0.240. The number of hydrogen-bond acceptors (Lipinski definition) is 6. The Morgan fingerprint density at radius 1 is 1.30 bits per heavy atom. The molecule has 4 nitrogen and oxygen atoms in total. The van der Waals surface area contributed by atoms with Crippen LogP contribution in [0.25, 0.3) is 10.8 Å². The first-order valence-electron chi connectivity index (χ1n) is 7.09. The molecule has 3 aromatic rings. The van der Waals surface area contributed by atoms with Crippen molar-refractivity contribution >= 4 is 35.3 Å². The first kappa shape index (κ1) is 16.4. The summed E-state index contributed by atoms with van der Waals surface area (Å²) in [6.07, 6.45) is 2.08. The molecule has 0 saturated heterocycles. The molecule has 0 fully saturated rings. The number of benzene rings is 1. The molecule has 2 aromatic heterocycles. The Bertz CT molecular complexity index is 806. The third kappa shape index (κ3) is 4.11. The van der Waals surface area contributed by atoms with Crippen LogP contribution in [0, 0.1) is 4.84 Å². The zero-order valence-corrected chi connectivity index (χ0v) is 15.4. The summed E-state index contributed by atoms with van der Waals surface area (Å²) >= 11 is 8.61. The van der Waals surface area contributed by atoms with Crippen molar-refractivity contribution in [1.29, 1.82) is 0 Å². The van der Waals surface area contributed by atoms with Gasteiger partial charge in [-0.15, -0.1) is 28.2 Å². The van der Waals surface area contributed by atoms with E-state index in [2.05, 4.69) is 40.5 Å². The first-order valence-corrected chi connectivity index (χ1v) is 9.60. The van der Waals surface area contributed by atoms with E-state index < -0.39 is 0 Å². The highest BCUT2D eigenvalue weighted by molar-refractivity contribution is 7.98. The second-order valence-electron chi connectivity index (χ2n) is 5.15. The van der Waals surface area contributed by atoms with Crippen molar-refractivity contribution in [2.24, 2.45) is 0 Å². The molecule has 2 heterocycles. The van der Waals surface area contributed by atoms with Crippen LogP contribution in [0.5, 0.6) is 0 Å². The number of nitrogens with zero attached hydrogens (tertiary/aromatic N) is 3. The maximum absolute atomic E-state index is 5.59. The highest BCUT2D eigenvalue weighted by atomic mass is 32.2. The van der Waals surface area contributed by atoms with Crippen LogP contribution >= 0.6 is 35.3 Å². The van der Waals surface area contributed by atoms with Gasteiger partial charge in [0.05, 0.1) is 11.5 Å². The van der Waals surface area contributed by atoms with Crippen LogP contribution in [-0.4, -0.2) is 28.0 Å². The molecule has 1 aromatic carbocycles. The minimum Gasteiger partial charge on any atom is -0.408 e. The number of thiophene rings is 1. The molecule has 7 heteroatoms. The molecule has 0 saturated carbocycles. The Morgan fingerprint density at radius 2 is 2.09 bits per heavy atom. The second-order valence-corrected chi connectivity index (χ2v) is 7.33. The van der Waals surface area contributed by atoms with E-state index in [1.165, 1.54) is 10.5 Å². The topological polar surface area (TPSA) is 34.2 Å². The fourth-order valence-corrected chi connectivity index (χ4v) is 3.45. The Morgan fingerprint density at radius 3 is 2.74 bits per heavy atom. The lowest BCUT2D eigenvalue weighted by Gasteiger charge is -2.16. The quantitative estimate of drug-likeness (QED) is 0.466. The van der Waals surface area contributed by atoms with E-state index in [4.69, 9.17) is 16.6 Å². The van der Waals surface area contributed by atoms with Gasteiger partial charge in [-0.05, 0) is 54.7 Å². The van der Waals surface area contributed by atoms with E-state index in [1.807, 2.05) is 24.6 Å². The second kappa shape index (κ2) is 7.44. The molecular formula is C16H17N3OS3. The van der Waals surface area contributed by atoms with E-state index in [0.29, 0.717) is 17.4 Å². The van der Waals surface area contributed by atoms with Crippen molar-refractivity contribution < 1.29 is 4.42 Å². The van der Waals surface area contributed by atoms with Gasteiger partial charge < -0.3 is 4.42 Å². The van der Waals surface area contributed by atoms with Crippen molar-refractivity contribution in [3.8, 4) is 10.8 Å². The molecule has 0 radical (unpaired) electrons. The molecule has 0 bridgehead atoms. The summed E-state index contributed by atoms with van der Waals surface area (Å²) < 4.78 is 7.31.